The second kappa shape index (κ2) is 8.99. The van der Waals surface area contributed by atoms with Crippen LogP contribution in [0.2, 0.25) is 0 Å². The average molecular weight is 427 g/mol. The van der Waals surface area contributed by atoms with Crippen molar-refractivity contribution in [3.63, 3.8) is 0 Å². The van der Waals surface area contributed by atoms with Crippen molar-refractivity contribution in [2.24, 2.45) is 7.05 Å². The second-order valence-electron chi connectivity index (χ2n) is 7.13. The van der Waals surface area contributed by atoms with E-state index in [2.05, 4.69) is 20.4 Å². The fourth-order valence-electron chi connectivity index (χ4n) is 3.31. The largest absolute Gasteiger partial charge is 0.493 e. The summed E-state index contributed by atoms with van der Waals surface area (Å²) in [4.78, 5) is 19.8. The minimum Gasteiger partial charge on any atom is -0.493 e. The highest BCUT2D eigenvalue weighted by Gasteiger charge is 2.19. The lowest BCUT2D eigenvalue weighted by Crippen LogP contribution is -2.06. The molecular weight excluding hydrogens is 405 g/mol. The van der Waals surface area contributed by atoms with E-state index in [0.29, 0.717) is 30.3 Å². The van der Waals surface area contributed by atoms with Gasteiger partial charge in [-0.05, 0) is 37.8 Å². The first-order chi connectivity index (χ1) is 15.0. The predicted molar refractivity (Wildman–Crippen MR) is 110 cm³/mol. The third-order valence-corrected chi connectivity index (χ3v) is 4.89. The van der Waals surface area contributed by atoms with E-state index in [-0.39, 0.29) is 23.0 Å². The molecule has 31 heavy (non-hydrogen) atoms. The summed E-state index contributed by atoms with van der Waals surface area (Å²) in [6, 6.07) is 4.60. The summed E-state index contributed by atoms with van der Waals surface area (Å²) in [5.41, 5.74) is 1.07. The number of aromatic nitrogens is 4. The number of fused-ring (bicyclic) bond motifs is 6. The highest BCUT2D eigenvalue weighted by molar-refractivity contribution is 5.91. The summed E-state index contributed by atoms with van der Waals surface area (Å²) in [5, 5.41) is 16.6. The lowest BCUT2D eigenvalue weighted by Gasteiger charge is -2.12. The van der Waals surface area contributed by atoms with Crippen molar-refractivity contribution < 1.29 is 23.8 Å². The van der Waals surface area contributed by atoms with Gasteiger partial charge in [0.05, 0.1) is 31.2 Å². The molecule has 0 atom stereocenters. The van der Waals surface area contributed by atoms with E-state index in [9.17, 15) is 14.3 Å². The molecule has 3 aromatic rings. The van der Waals surface area contributed by atoms with Crippen molar-refractivity contribution >= 4 is 17.6 Å². The number of aromatic carboxylic acids is 1. The molecule has 1 aliphatic heterocycles. The van der Waals surface area contributed by atoms with E-state index in [0.717, 1.165) is 31.9 Å². The average Bonchev–Trinajstić information content (AvgIpc) is 3.11. The van der Waals surface area contributed by atoms with Gasteiger partial charge in [-0.15, -0.1) is 0 Å². The maximum Gasteiger partial charge on any atom is 0.339 e. The molecule has 0 saturated heterocycles. The van der Waals surface area contributed by atoms with Crippen LogP contribution in [0.4, 0.5) is 16.0 Å². The van der Waals surface area contributed by atoms with Crippen molar-refractivity contribution in [1.29, 1.82) is 0 Å². The zero-order valence-corrected chi connectivity index (χ0v) is 17.0. The first-order valence-electron chi connectivity index (χ1n) is 9.98. The van der Waals surface area contributed by atoms with E-state index >= 15 is 0 Å². The topological polar surface area (TPSA) is 111 Å². The van der Waals surface area contributed by atoms with E-state index < -0.39 is 11.8 Å². The third-order valence-electron chi connectivity index (χ3n) is 4.89. The van der Waals surface area contributed by atoms with Crippen LogP contribution in [0.1, 0.15) is 36.0 Å². The number of halogens is 1. The van der Waals surface area contributed by atoms with Gasteiger partial charge < -0.3 is 19.9 Å². The van der Waals surface area contributed by atoms with Crippen LogP contribution in [-0.4, -0.2) is 44.0 Å². The number of rotatable bonds is 1. The summed E-state index contributed by atoms with van der Waals surface area (Å²) < 4.78 is 27.7. The molecule has 10 heteroatoms. The molecule has 0 saturated carbocycles. The summed E-state index contributed by atoms with van der Waals surface area (Å²) in [6.07, 6.45) is 5.98. The Bertz CT molecular complexity index is 1100. The third kappa shape index (κ3) is 4.57. The van der Waals surface area contributed by atoms with Crippen LogP contribution >= 0.6 is 0 Å². The summed E-state index contributed by atoms with van der Waals surface area (Å²) in [5.74, 6) is -0.851. The van der Waals surface area contributed by atoms with Gasteiger partial charge in [0.2, 0.25) is 11.8 Å². The molecule has 2 N–H and O–H groups in total. The van der Waals surface area contributed by atoms with Gasteiger partial charge in [0.15, 0.2) is 5.82 Å². The predicted octanol–water partition coefficient (Wildman–Crippen LogP) is 3.79. The number of anilines is 2. The molecule has 0 spiro atoms. The van der Waals surface area contributed by atoms with Crippen LogP contribution in [0.5, 0.6) is 11.6 Å². The molecule has 0 fully saturated rings. The number of aryl methyl sites for hydroxylation is 1. The number of nitrogens with zero attached hydrogens (tertiary/aromatic N) is 4. The number of carboxylic acids is 1. The number of nitrogens with one attached hydrogen (secondary N) is 1. The maximum atomic E-state index is 14.6. The highest BCUT2D eigenvalue weighted by atomic mass is 19.1. The van der Waals surface area contributed by atoms with Crippen LogP contribution in [0.25, 0.3) is 11.3 Å². The van der Waals surface area contributed by atoms with Crippen LogP contribution in [-0.2, 0) is 7.05 Å². The van der Waals surface area contributed by atoms with Gasteiger partial charge in [0.25, 0.3) is 0 Å². The van der Waals surface area contributed by atoms with E-state index in [1.165, 1.54) is 12.3 Å². The lowest BCUT2D eigenvalue weighted by atomic mass is 10.1. The van der Waals surface area contributed by atoms with E-state index in [4.69, 9.17) is 9.47 Å². The second-order valence-corrected chi connectivity index (χ2v) is 7.13. The molecule has 162 valence electrons. The number of carbonyl (C=O) groups is 1. The molecule has 1 aliphatic rings. The Hall–Kier alpha value is -3.69. The van der Waals surface area contributed by atoms with Gasteiger partial charge in [-0.1, -0.05) is 0 Å². The molecule has 0 aliphatic carbocycles. The van der Waals surface area contributed by atoms with Crippen molar-refractivity contribution in [3.8, 4) is 22.9 Å². The molecule has 1 aromatic carbocycles. The Morgan fingerprint density at radius 3 is 2.71 bits per heavy atom. The van der Waals surface area contributed by atoms with Crippen LogP contribution in [0.15, 0.2) is 30.6 Å². The fourth-order valence-corrected chi connectivity index (χ4v) is 3.31. The quantitative estimate of drug-likeness (QED) is 0.603. The van der Waals surface area contributed by atoms with Gasteiger partial charge in [-0.3, -0.25) is 0 Å². The molecule has 2 aromatic heterocycles. The van der Waals surface area contributed by atoms with E-state index in [1.807, 2.05) is 0 Å². The van der Waals surface area contributed by atoms with Crippen molar-refractivity contribution in [1.82, 2.24) is 19.7 Å². The minimum atomic E-state index is -1.07. The van der Waals surface area contributed by atoms with Gasteiger partial charge in [0.1, 0.15) is 17.0 Å². The monoisotopic (exact) mass is 427 g/mol. The molecule has 9 nitrogen and oxygen atoms in total. The molecule has 4 rings (SSSR count). The molecule has 4 bridgehead atoms. The van der Waals surface area contributed by atoms with Crippen molar-refractivity contribution in [2.75, 3.05) is 18.5 Å². The van der Waals surface area contributed by atoms with E-state index in [1.54, 1.807) is 23.9 Å². The number of hydrogen-bond acceptors (Lipinski definition) is 7. The van der Waals surface area contributed by atoms with Gasteiger partial charge >= 0.3 is 5.97 Å². The Morgan fingerprint density at radius 1 is 1.16 bits per heavy atom. The molecule has 0 unspecified atom stereocenters. The Labute approximate surface area is 177 Å². The van der Waals surface area contributed by atoms with Gasteiger partial charge in [-0.2, -0.15) is 5.10 Å². The number of hydrogen-bond donors (Lipinski definition) is 2. The van der Waals surface area contributed by atoms with Crippen molar-refractivity contribution in [3.05, 3.63) is 42.0 Å². The minimum absolute atomic E-state index is 0.0588. The summed E-state index contributed by atoms with van der Waals surface area (Å²) >= 11 is 0. The zero-order valence-electron chi connectivity index (χ0n) is 17.0. The first kappa shape index (κ1) is 20.6. The number of benzene rings is 1. The Balaban J connectivity index is 1.74. The highest BCUT2D eigenvalue weighted by Crippen LogP contribution is 2.32. The fraction of sp³-hybridized carbons (Fsp3) is 0.333. The maximum absolute atomic E-state index is 14.6. The lowest BCUT2D eigenvalue weighted by molar-refractivity contribution is 0.0692. The Kier molecular flexibility index (Phi) is 5.96. The van der Waals surface area contributed by atoms with Gasteiger partial charge in [0, 0.05) is 18.8 Å². The molecule has 0 radical (unpaired) electrons. The zero-order chi connectivity index (χ0) is 21.8. The van der Waals surface area contributed by atoms with Crippen LogP contribution in [0, 0.1) is 5.82 Å². The smallest absolute Gasteiger partial charge is 0.339 e. The van der Waals surface area contributed by atoms with Crippen LogP contribution < -0.4 is 14.8 Å². The van der Waals surface area contributed by atoms with Gasteiger partial charge in [-0.25, -0.2) is 23.8 Å². The van der Waals surface area contributed by atoms with Crippen molar-refractivity contribution in [2.45, 2.75) is 25.7 Å². The molecule has 3 heterocycles. The standard InChI is InChI=1S/C21H22FN5O4/c1-27-19-15(11-24-27)18-16(22)12-23-21(26-18)25-13-6-7-14(20(28)29)17(10-13)30-8-4-2-3-5-9-31-19/h6-7,10-12H,2-5,8-9H2,1H3,(H,28,29)(H,23,25,26). The number of ether oxygens (including phenoxy) is 2. The normalized spacial score (nSPS) is 14.4. The van der Waals surface area contributed by atoms with Crippen LogP contribution in [0.3, 0.4) is 0 Å². The Morgan fingerprint density at radius 2 is 1.94 bits per heavy atom. The molecule has 0 amide bonds. The number of carboxylic acid groups (broad SMARTS) is 1. The summed E-state index contributed by atoms with van der Waals surface area (Å²) in [6.45, 7) is 0.850. The summed E-state index contributed by atoms with van der Waals surface area (Å²) in [7, 11) is 1.72. The molecular formula is C21H22FN5O4. The SMILES string of the molecule is Cn1ncc2c1OCCCCCCOc1cc(ccc1C(=O)O)Nc1ncc(F)c-2n1. The first-order valence-corrected chi connectivity index (χ1v) is 9.98.